The number of piperidine rings is 1. The lowest BCUT2D eigenvalue weighted by molar-refractivity contribution is -0.129. The van der Waals surface area contributed by atoms with Crippen molar-refractivity contribution in [2.75, 3.05) is 13.1 Å². The van der Waals surface area contributed by atoms with Gasteiger partial charge in [0.25, 0.3) is 0 Å². The van der Waals surface area contributed by atoms with Crippen molar-refractivity contribution in [1.82, 2.24) is 15.5 Å². The van der Waals surface area contributed by atoms with E-state index in [1.54, 1.807) is 0 Å². The molecule has 0 bridgehead atoms. The van der Waals surface area contributed by atoms with Crippen LogP contribution in [0.1, 0.15) is 52.2 Å². The lowest BCUT2D eigenvalue weighted by atomic mass is 9.91. The summed E-state index contributed by atoms with van der Waals surface area (Å²) in [4.78, 5) is 26.4. The van der Waals surface area contributed by atoms with E-state index in [0.717, 1.165) is 37.0 Å². The summed E-state index contributed by atoms with van der Waals surface area (Å²) >= 11 is 0. The molecule has 1 aliphatic rings. The zero-order chi connectivity index (χ0) is 20.0. The van der Waals surface area contributed by atoms with Crippen LogP contribution < -0.4 is 10.6 Å². The van der Waals surface area contributed by atoms with Crippen molar-refractivity contribution in [2.24, 2.45) is 17.8 Å². The molecule has 150 valence electrons. The van der Waals surface area contributed by atoms with Crippen LogP contribution in [-0.4, -0.2) is 35.8 Å². The van der Waals surface area contributed by atoms with Gasteiger partial charge in [0, 0.05) is 33.1 Å². The van der Waals surface area contributed by atoms with Gasteiger partial charge in [-0.25, -0.2) is 0 Å². The van der Waals surface area contributed by atoms with E-state index < -0.39 is 6.04 Å². The van der Waals surface area contributed by atoms with Gasteiger partial charge in [-0.15, -0.1) is 0 Å². The average molecular weight is 374 g/mol. The Kier molecular flexibility index (Phi) is 7.84. The Morgan fingerprint density at radius 3 is 2.26 bits per heavy atom. The van der Waals surface area contributed by atoms with Crippen LogP contribution in [-0.2, 0) is 22.7 Å². The number of amides is 2. The predicted octanol–water partition coefficient (Wildman–Crippen LogP) is 2.94. The molecule has 0 unspecified atom stereocenters. The summed E-state index contributed by atoms with van der Waals surface area (Å²) in [5.41, 5.74) is 2.40. The second kappa shape index (κ2) is 9.88. The molecule has 1 heterocycles. The molecule has 2 N–H and O–H groups in total. The van der Waals surface area contributed by atoms with Gasteiger partial charge < -0.3 is 10.6 Å². The van der Waals surface area contributed by atoms with Crippen LogP contribution in [0.15, 0.2) is 24.3 Å². The number of rotatable bonds is 7. The van der Waals surface area contributed by atoms with E-state index in [4.69, 9.17) is 0 Å². The van der Waals surface area contributed by atoms with Gasteiger partial charge >= 0.3 is 0 Å². The number of carbonyl (C=O) groups excluding carboxylic acids is 2. The Hall–Kier alpha value is -1.88. The van der Waals surface area contributed by atoms with Crippen LogP contribution in [0.3, 0.4) is 0 Å². The Bertz CT molecular complexity index is 634. The monoisotopic (exact) mass is 373 g/mol. The number of carbonyl (C=O) groups is 2. The van der Waals surface area contributed by atoms with E-state index in [1.807, 2.05) is 19.9 Å². The molecule has 1 aliphatic heterocycles. The molecule has 0 saturated carbocycles. The summed E-state index contributed by atoms with van der Waals surface area (Å²) in [6.07, 6.45) is 1.30. The fraction of sp³-hybridized carbons (Fsp3) is 0.636. The molecule has 0 aromatic heterocycles. The topological polar surface area (TPSA) is 61.4 Å². The van der Waals surface area contributed by atoms with Gasteiger partial charge in [-0.3, -0.25) is 14.5 Å². The molecule has 27 heavy (non-hydrogen) atoms. The van der Waals surface area contributed by atoms with Gasteiger partial charge in [-0.2, -0.15) is 0 Å². The highest BCUT2D eigenvalue weighted by molar-refractivity contribution is 5.87. The molecular weight excluding hydrogens is 338 g/mol. The molecule has 1 aromatic rings. The normalized spacial score (nSPS) is 21.7. The van der Waals surface area contributed by atoms with Crippen LogP contribution >= 0.6 is 0 Å². The van der Waals surface area contributed by atoms with Crippen molar-refractivity contribution in [2.45, 2.75) is 60.2 Å². The molecule has 0 radical (unpaired) electrons. The fourth-order valence-corrected chi connectivity index (χ4v) is 4.09. The summed E-state index contributed by atoms with van der Waals surface area (Å²) in [5, 5.41) is 5.75. The minimum Gasteiger partial charge on any atom is -0.350 e. The maximum atomic E-state index is 12.5. The summed E-state index contributed by atoms with van der Waals surface area (Å²) < 4.78 is 0. The molecular formula is C22H35N3O2. The quantitative estimate of drug-likeness (QED) is 0.772. The third kappa shape index (κ3) is 6.65. The second-order valence-electron chi connectivity index (χ2n) is 8.55. The van der Waals surface area contributed by atoms with Crippen molar-refractivity contribution in [1.29, 1.82) is 0 Å². The zero-order valence-electron chi connectivity index (χ0n) is 17.4. The molecule has 2 rings (SSSR count). The molecule has 0 spiro atoms. The number of nitrogens with zero attached hydrogens (tertiary/aromatic N) is 1. The molecule has 5 heteroatoms. The smallest absolute Gasteiger partial charge is 0.243 e. The highest BCUT2D eigenvalue weighted by Gasteiger charge is 2.24. The van der Waals surface area contributed by atoms with Crippen LogP contribution in [0, 0.1) is 17.8 Å². The zero-order valence-corrected chi connectivity index (χ0v) is 17.4. The van der Waals surface area contributed by atoms with Gasteiger partial charge in [-0.05, 0) is 35.3 Å². The second-order valence-corrected chi connectivity index (χ2v) is 8.55. The molecule has 1 aromatic carbocycles. The van der Waals surface area contributed by atoms with Crippen LogP contribution in [0.4, 0.5) is 0 Å². The lowest BCUT2D eigenvalue weighted by Crippen LogP contribution is -2.48. The van der Waals surface area contributed by atoms with Crippen molar-refractivity contribution < 1.29 is 9.59 Å². The number of hydrogen-bond acceptors (Lipinski definition) is 3. The maximum Gasteiger partial charge on any atom is 0.243 e. The van der Waals surface area contributed by atoms with E-state index in [-0.39, 0.29) is 17.7 Å². The minimum absolute atomic E-state index is 0.0421. The average Bonchev–Trinajstić information content (AvgIpc) is 2.57. The number of likely N-dealkylation sites (tertiary alicyclic amines) is 1. The number of nitrogens with one attached hydrogen (secondary N) is 2. The van der Waals surface area contributed by atoms with E-state index in [2.05, 4.69) is 47.6 Å². The summed E-state index contributed by atoms with van der Waals surface area (Å²) in [6, 6.07) is 7.80. The van der Waals surface area contributed by atoms with Gasteiger partial charge in [0.2, 0.25) is 11.8 Å². The van der Waals surface area contributed by atoms with Crippen molar-refractivity contribution >= 4 is 11.8 Å². The first-order valence-electron chi connectivity index (χ1n) is 10.1. The third-order valence-corrected chi connectivity index (χ3v) is 5.22. The predicted molar refractivity (Wildman–Crippen MR) is 109 cm³/mol. The standard InChI is InChI=1S/C22H35N3O2/c1-15(2)21(24-18(5)26)22(27)23-11-19-8-6-7-9-20(19)14-25-12-16(3)10-17(4)13-25/h6-9,15-17,21H,10-14H2,1-5H3,(H,23,27)(H,24,26)/t16-,17-,21+/m1/s1. The van der Waals surface area contributed by atoms with Crippen LogP contribution in [0.25, 0.3) is 0 Å². The molecule has 2 amide bonds. The number of benzene rings is 1. The largest absolute Gasteiger partial charge is 0.350 e. The Labute approximate surface area is 163 Å². The summed E-state index contributed by atoms with van der Waals surface area (Å²) in [5.74, 6) is 1.18. The van der Waals surface area contributed by atoms with Crippen molar-refractivity contribution in [3.05, 3.63) is 35.4 Å². The first-order chi connectivity index (χ1) is 12.8. The first-order valence-corrected chi connectivity index (χ1v) is 10.1. The summed E-state index contributed by atoms with van der Waals surface area (Å²) in [7, 11) is 0. The first kappa shape index (κ1) is 21.4. The molecule has 1 saturated heterocycles. The molecule has 1 fully saturated rings. The third-order valence-electron chi connectivity index (χ3n) is 5.22. The molecule has 3 atom stereocenters. The van der Waals surface area contributed by atoms with Gasteiger partial charge in [0.1, 0.15) is 6.04 Å². The minimum atomic E-state index is -0.501. The summed E-state index contributed by atoms with van der Waals surface area (Å²) in [6.45, 7) is 13.6. The van der Waals surface area contributed by atoms with Crippen molar-refractivity contribution in [3.8, 4) is 0 Å². The van der Waals surface area contributed by atoms with E-state index in [0.29, 0.717) is 6.54 Å². The van der Waals surface area contributed by atoms with Gasteiger partial charge in [-0.1, -0.05) is 52.0 Å². The van der Waals surface area contributed by atoms with Crippen LogP contribution in [0.5, 0.6) is 0 Å². The van der Waals surface area contributed by atoms with E-state index >= 15 is 0 Å². The van der Waals surface area contributed by atoms with E-state index in [9.17, 15) is 9.59 Å². The van der Waals surface area contributed by atoms with E-state index in [1.165, 1.54) is 18.9 Å². The Balaban J connectivity index is 2.00. The SMILES string of the molecule is CC(=O)N[C@H](C(=O)NCc1ccccc1CN1C[C@H](C)C[C@@H](C)C1)C(C)C. The molecule has 0 aliphatic carbocycles. The Morgan fingerprint density at radius 2 is 1.70 bits per heavy atom. The van der Waals surface area contributed by atoms with Crippen LogP contribution in [0.2, 0.25) is 0 Å². The fourth-order valence-electron chi connectivity index (χ4n) is 4.09. The van der Waals surface area contributed by atoms with Gasteiger partial charge in [0.05, 0.1) is 0 Å². The maximum absolute atomic E-state index is 12.5. The Morgan fingerprint density at radius 1 is 1.11 bits per heavy atom. The molecule has 5 nitrogen and oxygen atoms in total. The number of hydrogen-bond donors (Lipinski definition) is 2. The van der Waals surface area contributed by atoms with Crippen molar-refractivity contribution in [3.63, 3.8) is 0 Å². The lowest BCUT2D eigenvalue weighted by Gasteiger charge is -2.35. The highest BCUT2D eigenvalue weighted by Crippen LogP contribution is 2.23. The highest BCUT2D eigenvalue weighted by atomic mass is 16.2. The van der Waals surface area contributed by atoms with Gasteiger partial charge in [0.15, 0.2) is 0 Å².